The van der Waals surface area contributed by atoms with Crippen LogP contribution in [0.3, 0.4) is 0 Å². The molecule has 0 saturated carbocycles. The predicted molar refractivity (Wildman–Crippen MR) is 62.5 cm³/mol. The lowest BCUT2D eigenvalue weighted by Crippen LogP contribution is -1.97. The van der Waals surface area contributed by atoms with Crippen LogP contribution in [0.4, 0.5) is 0 Å². The first kappa shape index (κ1) is 12.4. The van der Waals surface area contributed by atoms with Gasteiger partial charge in [0.15, 0.2) is 0 Å². The van der Waals surface area contributed by atoms with Crippen molar-refractivity contribution in [2.24, 2.45) is 0 Å². The number of rotatable bonds is 4. The van der Waals surface area contributed by atoms with Crippen LogP contribution in [0.1, 0.15) is 43.4 Å². The Morgan fingerprint density at radius 2 is 1.69 bits per heavy atom. The molecule has 0 bridgehead atoms. The predicted octanol–water partition coefficient (Wildman–Crippen LogP) is 2.87. The van der Waals surface area contributed by atoms with Gasteiger partial charge in [0.05, 0.1) is 5.56 Å². The van der Waals surface area contributed by atoms with Crippen LogP contribution in [-0.4, -0.2) is 10.2 Å². The van der Waals surface area contributed by atoms with Gasteiger partial charge in [-0.15, -0.1) is 0 Å². The van der Waals surface area contributed by atoms with Crippen LogP contribution in [0.25, 0.3) is 0 Å². The van der Waals surface area contributed by atoms with E-state index in [4.69, 9.17) is 5.26 Å². The first-order valence-corrected chi connectivity index (χ1v) is 5.62. The molecule has 0 aliphatic rings. The summed E-state index contributed by atoms with van der Waals surface area (Å²) in [5, 5.41) is 28.6. The monoisotopic (exact) mass is 219 g/mol. The molecule has 1 rings (SSSR count). The molecule has 1 aromatic carbocycles. The first-order valence-electron chi connectivity index (χ1n) is 5.62. The summed E-state index contributed by atoms with van der Waals surface area (Å²) in [6.07, 6.45) is 3.18. The number of hydrogen-bond acceptors (Lipinski definition) is 3. The molecule has 1 aromatic rings. The van der Waals surface area contributed by atoms with Gasteiger partial charge >= 0.3 is 0 Å². The van der Waals surface area contributed by atoms with Crippen LogP contribution < -0.4 is 0 Å². The Morgan fingerprint density at radius 3 is 2.19 bits per heavy atom. The molecular formula is C13H17NO2. The highest BCUT2D eigenvalue weighted by atomic mass is 16.3. The van der Waals surface area contributed by atoms with Gasteiger partial charge in [-0.2, -0.15) is 5.26 Å². The van der Waals surface area contributed by atoms with Crippen LogP contribution in [0.15, 0.2) is 6.07 Å². The molecule has 2 N–H and O–H groups in total. The fourth-order valence-electron chi connectivity index (χ4n) is 1.89. The second-order valence-electron chi connectivity index (χ2n) is 3.86. The molecule has 0 atom stereocenters. The van der Waals surface area contributed by atoms with E-state index in [1.54, 1.807) is 0 Å². The molecule has 0 saturated heterocycles. The van der Waals surface area contributed by atoms with E-state index in [1.807, 2.05) is 19.9 Å². The molecule has 0 spiro atoms. The Labute approximate surface area is 96.0 Å². The van der Waals surface area contributed by atoms with Gasteiger partial charge in [-0.05, 0) is 12.8 Å². The van der Waals surface area contributed by atoms with E-state index >= 15 is 0 Å². The van der Waals surface area contributed by atoms with Crippen molar-refractivity contribution in [1.82, 2.24) is 0 Å². The Kier molecular flexibility index (Phi) is 4.19. The van der Waals surface area contributed by atoms with Crippen LogP contribution in [0.5, 0.6) is 11.5 Å². The van der Waals surface area contributed by atoms with Crippen molar-refractivity contribution in [2.45, 2.75) is 39.5 Å². The van der Waals surface area contributed by atoms with Gasteiger partial charge in [-0.3, -0.25) is 0 Å². The number of hydrogen-bond donors (Lipinski definition) is 2. The maximum atomic E-state index is 9.92. The van der Waals surface area contributed by atoms with E-state index < -0.39 is 0 Å². The van der Waals surface area contributed by atoms with Crippen LogP contribution >= 0.6 is 0 Å². The summed E-state index contributed by atoms with van der Waals surface area (Å²) in [5.41, 5.74) is 1.66. The highest BCUT2D eigenvalue weighted by molar-refractivity contribution is 5.57. The Morgan fingerprint density at radius 1 is 1.12 bits per heavy atom. The second kappa shape index (κ2) is 5.41. The zero-order valence-corrected chi connectivity index (χ0v) is 9.75. The molecule has 86 valence electrons. The first-order chi connectivity index (χ1) is 7.65. The maximum Gasteiger partial charge on any atom is 0.137 e. The summed E-state index contributed by atoms with van der Waals surface area (Å²) in [6.45, 7) is 4.02. The summed E-state index contributed by atoms with van der Waals surface area (Å²) in [6, 6.07) is 3.24. The summed E-state index contributed by atoms with van der Waals surface area (Å²) in [4.78, 5) is 0. The van der Waals surface area contributed by atoms with E-state index in [0.717, 1.165) is 30.4 Å². The minimum absolute atomic E-state index is 0.0330. The molecule has 0 radical (unpaired) electrons. The van der Waals surface area contributed by atoms with E-state index in [0.29, 0.717) is 6.42 Å². The summed E-state index contributed by atoms with van der Waals surface area (Å²) in [7, 11) is 0. The molecule has 0 aliphatic carbocycles. The molecular weight excluding hydrogens is 202 g/mol. The van der Waals surface area contributed by atoms with E-state index in [1.165, 1.54) is 6.07 Å². The number of benzene rings is 1. The molecule has 3 heteroatoms. The topological polar surface area (TPSA) is 64.2 Å². The third kappa shape index (κ3) is 2.27. The van der Waals surface area contributed by atoms with Gasteiger partial charge in [0, 0.05) is 17.2 Å². The van der Waals surface area contributed by atoms with Crippen LogP contribution in [0.2, 0.25) is 0 Å². The molecule has 0 heterocycles. The number of phenolic OH excluding ortho intramolecular Hbond substituents is 2. The largest absolute Gasteiger partial charge is 0.508 e. The summed E-state index contributed by atoms with van der Waals surface area (Å²) < 4.78 is 0. The van der Waals surface area contributed by atoms with Crippen molar-refractivity contribution in [3.05, 3.63) is 22.8 Å². The fraction of sp³-hybridized carbons (Fsp3) is 0.462. The lowest BCUT2D eigenvalue weighted by atomic mass is 9.95. The third-order valence-electron chi connectivity index (χ3n) is 2.62. The van der Waals surface area contributed by atoms with Gasteiger partial charge in [0.1, 0.15) is 17.6 Å². The standard InChI is InChI=1S/C13H17NO2/c1-3-5-10-11(6-4-2)13(16)9(8-14)7-12(10)15/h7,15-16H,3-6H2,1-2H3. The summed E-state index contributed by atoms with van der Waals surface area (Å²) >= 11 is 0. The Hall–Kier alpha value is -1.69. The van der Waals surface area contributed by atoms with Crippen molar-refractivity contribution >= 4 is 0 Å². The van der Waals surface area contributed by atoms with Gasteiger partial charge in [-0.25, -0.2) is 0 Å². The molecule has 0 aliphatic heterocycles. The minimum Gasteiger partial charge on any atom is -0.508 e. The van der Waals surface area contributed by atoms with E-state index in [-0.39, 0.29) is 17.1 Å². The van der Waals surface area contributed by atoms with Gasteiger partial charge in [-0.1, -0.05) is 26.7 Å². The zero-order valence-electron chi connectivity index (χ0n) is 9.75. The zero-order chi connectivity index (χ0) is 12.1. The number of aromatic hydroxyl groups is 2. The van der Waals surface area contributed by atoms with Crippen molar-refractivity contribution < 1.29 is 10.2 Å². The average Bonchev–Trinajstić information content (AvgIpc) is 2.28. The number of nitriles is 1. The van der Waals surface area contributed by atoms with Crippen molar-refractivity contribution in [1.29, 1.82) is 5.26 Å². The van der Waals surface area contributed by atoms with E-state index in [9.17, 15) is 10.2 Å². The Balaban J connectivity index is 3.36. The highest BCUT2D eigenvalue weighted by Crippen LogP contribution is 2.34. The van der Waals surface area contributed by atoms with Crippen molar-refractivity contribution in [2.75, 3.05) is 0 Å². The third-order valence-corrected chi connectivity index (χ3v) is 2.62. The Bertz CT molecular complexity index is 419. The SMILES string of the molecule is CCCc1c(O)cc(C#N)c(O)c1CCC. The highest BCUT2D eigenvalue weighted by Gasteiger charge is 2.15. The number of nitrogens with zero attached hydrogens (tertiary/aromatic N) is 1. The second-order valence-corrected chi connectivity index (χ2v) is 3.86. The van der Waals surface area contributed by atoms with Gasteiger partial charge < -0.3 is 10.2 Å². The lowest BCUT2D eigenvalue weighted by Gasteiger charge is -2.13. The molecule has 0 aromatic heterocycles. The van der Waals surface area contributed by atoms with Crippen LogP contribution in [-0.2, 0) is 12.8 Å². The molecule has 3 nitrogen and oxygen atoms in total. The quantitative estimate of drug-likeness (QED) is 0.765. The summed E-state index contributed by atoms with van der Waals surface area (Å²) in [5.74, 6) is 0.158. The average molecular weight is 219 g/mol. The number of phenols is 2. The van der Waals surface area contributed by atoms with Gasteiger partial charge in [0.2, 0.25) is 0 Å². The molecule has 16 heavy (non-hydrogen) atoms. The van der Waals surface area contributed by atoms with Crippen molar-refractivity contribution in [3.8, 4) is 17.6 Å². The smallest absolute Gasteiger partial charge is 0.137 e. The maximum absolute atomic E-state index is 9.92. The minimum atomic E-state index is 0.0330. The van der Waals surface area contributed by atoms with Gasteiger partial charge in [0.25, 0.3) is 0 Å². The molecule has 0 amide bonds. The van der Waals surface area contributed by atoms with E-state index in [2.05, 4.69) is 0 Å². The normalized spacial score (nSPS) is 10.1. The molecule has 0 unspecified atom stereocenters. The lowest BCUT2D eigenvalue weighted by molar-refractivity contribution is 0.445. The van der Waals surface area contributed by atoms with Crippen molar-refractivity contribution in [3.63, 3.8) is 0 Å². The van der Waals surface area contributed by atoms with Crippen LogP contribution in [0, 0.1) is 11.3 Å². The fourth-order valence-corrected chi connectivity index (χ4v) is 1.89. The molecule has 0 fully saturated rings.